The first-order chi connectivity index (χ1) is 15.6. The van der Waals surface area contributed by atoms with Gasteiger partial charge in [0.15, 0.2) is 6.61 Å². The van der Waals surface area contributed by atoms with Crippen molar-refractivity contribution in [1.82, 2.24) is 4.57 Å². The van der Waals surface area contributed by atoms with E-state index in [1.54, 1.807) is 47.0 Å². The van der Waals surface area contributed by atoms with Gasteiger partial charge in [0.25, 0.3) is 0 Å². The molecule has 3 aromatic carbocycles. The molecule has 0 fully saturated rings. The van der Waals surface area contributed by atoms with Gasteiger partial charge in [-0.25, -0.2) is 4.79 Å². The van der Waals surface area contributed by atoms with Gasteiger partial charge in [0.1, 0.15) is 11.5 Å². The predicted octanol–water partition coefficient (Wildman–Crippen LogP) is 1.42. The summed E-state index contributed by atoms with van der Waals surface area (Å²) in [5.74, 6) is -1.98. The monoisotopic (exact) mass is 482 g/mol. The van der Waals surface area contributed by atoms with E-state index in [1.807, 2.05) is 0 Å². The summed E-state index contributed by atoms with van der Waals surface area (Å²) in [6.45, 7) is -0.457. The Morgan fingerprint density at radius 2 is 1.65 bits per heavy atom. The summed E-state index contributed by atoms with van der Waals surface area (Å²) in [6.07, 6.45) is -4.82. The molecule has 34 heavy (non-hydrogen) atoms. The van der Waals surface area contributed by atoms with Crippen molar-refractivity contribution < 1.29 is 68.3 Å². The van der Waals surface area contributed by atoms with E-state index in [4.69, 9.17) is 15.6 Å². The van der Waals surface area contributed by atoms with Gasteiger partial charge in [-0.2, -0.15) is 0 Å². The van der Waals surface area contributed by atoms with Crippen molar-refractivity contribution in [1.29, 1.82) is 0 Å². The van der Waals surface area contributed by atoms with Crippen LogP contribution >= 0.6 is 0 Å². The fourth-order valence-electron chi connectivity index (χ4n) is 3.81. The van der Waals surface area contributed by atoms with Crippen LogP contribution in [0.2, 0.25) is 0 Å². The van der Waals surface area contributed by atoms with Crippen molar-refractivity contribution in [3.8, 4) is 11.5 Å². The molecule has 172 valence electrons. The summed E-state index contributed by atoms with van der Waals surface area (Å²) >= 11 is 0. The molecule has 0 bridgehead atoms. The number of carboxylic acids is 1. The SMILES string of the molecule is NC(=O)c1cccc2c1c1c(OCC(=O)O)cccc1n2Cc1cccc(OC(F)(F)F)c1.[H-].[Na+]. The quantitative estimate of drug-likeness (QED) is 0.388. The third-order valence-electron chi connectivity index (χ3n) is 4.97. The summed E-state index contributed by atoms with van der Waals surface area (Å²) < 4.78 is 49.2. The first-order valence-electron chi connectivity index (χ1n) is 9.67. The van der Waals surface area contributed by atoms with E-state index in [-0.39, 0.29) is 54.6 Å². The number of rotatable bonds is 7. The molecule has 0 spiro atoms. The molecule has 0 atom stereocenters. The zero-order valence-electron chi connectivity index (χ0n) is 18.9. The smallest absolute Gasteiger partial charge is 1.00 e. The number of benzene rings is 3. The van der Waals surface area contributed by atoms with Crippen molar-refractivity contribution in [3.05, 3.63) is 71.8 Å². The number of nitrogens with zero attached hydrogens (tertiary/aromatic N) is 1. The van der Waals surface area contributed by atoms with Crippen LogP contribution in [0.25, 0.3) is 21.8 Å². The van der Waals surface area contributed by atoms with E-state index >= 15 is 0 Å². The second-order valence-electron chi connectivity index (χ2n) is 7.18. The Morgan fingerprint density at radius 1 is 1.00 bits per heavy atom. The number of hydrogen-bond acceptors (Lipinski definition) is 4. The van der Waals surface area contributed by atoms with Crippen LogP contribution in [0.4, 0.5) is 13.2 Å². The van der Waals surface area contributed by atoms with Crippen molar-refractivity contribution in [2.75, 3.05) is 6.61 Å². The number of halogens is 3. The first kappa shape index (κ1) is 25.4. The van der Waals surface area contributed by atoms with Crippen molar-refractivity contribution in [3.63, 3.8) is 0 Å². The molecular weight excluding hydrogens is 464 g/mol. The number of carboxylic acid groups (broad SMARTS) is 1. The van der Waals surface area contributed by atoms with E-state index in [0.717, 1.165) is 0 Å². The number of fused-ring (bicyclic) bond motifs is 3. The fraction of sp³-hybridized carbons (Fsp3) is 0.130. The Kier molecular flexibility index (Phi) is 7.44. The number of aromatic nitrogens is 1. The van der Waals surface area contributed by atoms with Crippen LogP contribution in [0.15, 0.2) is 60.7 Å². The molecule has 0 saturated heterocycles. The van der Waals surface area contributed by atoms with Crippen LogP contribution in [0.3, 0.4) is 0 Å². The Morgan fingerprint density at radius 3 is 2.29 bits per heavy atom. The summed E-state index contributed by atoms with van der Waals surface area (Å²) in [5, 5.41) is 9.95. The van der Waals surface area contributed by atoms with Crippen LogP contribution in [-0.2, 0) is 11.3 Å². The predicted molar refractivity (Wildman–Crippen MR) is 114 cm³/mol. The van der Waals surface area contributed by atoms with E-state index in [2.05, 4.69) is 4.74 Å². The van der Waals surface area contributed by atoms with Gasteiger partial charge in [0, 0.05) is 17.5 Å². The van der Waals surface area contributed by atoms with E-state index in [9.17, 15) is 22.8 Å². The zero-order chi connectivity index (χ0) is 23.8. The minimum absolute atomic E-state index is 0. The zero-order valence-corrected chi connectivity index (χ0v) is 19.9. The maximum Gasteiger partial charge on any atom is 1.00 e. The molecule has 0 aliphatic rings. The molecule has 1 amide bonds. The molecule has 0 unspecified atom stereocenters. The van der Waals surface area contributed by atoms with Crippen LogP contribution in [-0.4, -0.2) is 34.5 Å². The number of primary amides is 1. The van der Waals surface area contributed by atoms with Gasteiger partial charge >= 0.3 is 41.9 Å². The topological polar surface area (TPSA) is 104 Å². The summed E-state index contributed by atoms with van der Waals surface area (Å²) in [4.78, 5) is 23.2. The Bertz CT molecular complexity index is 1390. The molecule has 0 radical (unpaired) electrons. The van der Waals surface area contributed by atoms with Crippen LogP contribution in [0, 0.1) is 0 Å². The van der Waals surface area contributed by atoms with Gasteiger partial charge < -0.3 is 26.3 Å². The third kappa shape index (κ3) is 5.30. The van der Waals surface area contributed by atoms with Crippen molar-refractivity contribution >= 4 is 33.7 Å². The standard InChI is InChI=1S/C23H17F3N2O5.Na.H/c24-23(25,26)33-14-5-1-4-13(10-14)11-28-16-7-2-6-15(22(27)31)20(16)21-17(28)8-3-9-18(21)32-12-19(29)30;;/h1-10H,11-12H2,(H2,27,31)(H,29,30);;/q;+1;-1. The fourth-order valence-corrected chi connectivity index (χ4v) is 3.81. The van der Waals surface area contributed by atoms with Crippen LogP contribution in [0.1, 0.15) is 17.3 Å². The minimum Gasteiger partial charge on any atom is -1.00 e. The molecule has 0 aliphatic carbocycles. The molecule has 1 heterocycles. The van der Waals surface area contributed by atoms with Crippen molar-refractivity contribution in [2.24, 2.45) is 5.73 Å². The maximum absolute atomic E-state index is 12.6. The molecule has 3 N–H and O–H groups in total. The number of carbonyl (C=O) groups excluding carboxylic acids is 1. The van der Waals surface area contributed by atoms with E-state index in [1.165, 1.54) is 18.2 Å². The normalized spacial score (nSPS) is 11.3. The van der Waals surface area contributed by atoms with Gasteiger partial charge in [-0.3, -0.25) is 4.79 Å². The Hall–Kier alpha value is -3.21. The number of aliphatic carboxylic acids is 1. The molecule has 4 aromatic rings. The largest absolute Gasteiger partial charge is 1.00 e. The second-order valence-corrected chi connectivity index (χ2v) is 7.18. The van der Waals surface area contributed by atoms with Gasteiger partial charge in [-0.1, -0.05) is 24.3 Å². The molecule has 11 heteroatoms. The second kappa shape index (κ2) is 9.96. The average Bonchev–Trinajstić information content (AvgIpc) is 3.05. The molecule has 0 saturated carbocycles. The molecule has 4 rings (SSSR count). The van der Waals surface area contributed by atoms with Gasteiger partial charge in [0.2, 0.25) is 5.91 Å². The summed E-state index contributed by atoms with van der Waals surface area (Å²) in [5.41, 5.74) is 7.46. The number of alkyl halides is 3. The van der Waals surface area contributed by atoms with Crippen LogP contribution in [0.5, 0.6) is 11.5 Å². The number of hydrogen-bond donors (Lipinski definition) is 2. The first-order valence-corrected chi connectivity index (χ1v) is 9.67. The van der Waals surface area contributed by atoms with Gasteiger partial charge in [-0.05, 0) is 42.0 Å². The Labute approximate surface area is 214 Å². The van der Waals surface area contributed by atoms with Gasteiger partial charge in [0.05, 0.1) is 16.4 Å². The average molecular weight is 482 g/mol. The number of nitrogens with two attached hydrogens (primary N) is 1. The number of carbonyl (C=O) groups is 2. The summed E-state index contributed by atoms with van der Waals surface area (Å²) in [6, 6.07) is 15.4. The maximum atomic E-state index is 12.6. The minimum atomic E-state index is -4.82. The van der Waals surface area contributed by atoms with Crippen LogP contribution < -0.4 is 44.8 Å². The van der Waals surface area contributed by atoms with E-state index in [0.29, 0.717) is 27.4 Å². The molecule has 0 aliphatic heterocycles. The molecule has 7 nitrogen and oxygen atoms in total. The van der Waals surface area contributed by atoms with Gasteiger partial charge in [-0.15, -0.1) is 13.2 Å². The number of amides is 1. The molecular formula is C23H18F3N2NaO5. The van der Waals surface area contributed by atoms with E-state index < -0.39 is 24.8 Å². The summed E-state index contributed by atoms with van der Waals surface area (Å²) in [7, 11) is 0. The molecule has 1 aromatic heterocycles. The Balaban J connectivity index is 0.00000216. The number of ether oxygens (including phenoxy) is 2. The van der Waals surface area contributed by atoms with Crippen molar-refractivity contribution in [2.45, 2.75) is 12.9 Å². The third-order valence-corrected chi connectivity index (χ3v) is 4.97.